The molecule has 0 atom stereocenters. The molecule has 1 aromatic rings. The molecule has 0 saturated carbocycles. The van der Waals surface area contributed by atoms with Crippen LogP contribution in [0.4, 0.5) is 8.78 Å². The summed E-state index contributed by atoms with van der Waals surface area (Å²) in [5.74, 6) is -1.69. The SMILES string of the molecule is CC(=O)c1cc(F)c(C)cc1F. The third-order valence-electron chi connectivity index (χ3n) is 1.63. The van der Waals surface area contributed by atoms with E-state index in [9.17, 15) is 13.6 Å². The minimum Gasteiger partial charge on any atom is -0.294 e. The summed E-state index contributed by atoms with van der Waals surface area (Å²) >= 11 is 0. The maximum absolute atomic E-state index is 12.9. The van der Waals surface area contributed by atoms with E-state index in [0.29, 0.717) is 0 Å². The number of halogens is 2. The Hall–Kier alpha value is -1.25. The van der Waals surface area contributed by atoms with E-state index in [0.717, 1.165) is 12.1 Å². The fourth-order valence-corrected chi connectivity index (χ4v) is 0.916. The molecule has 0 saturated heterocycles. The Labute approximate surface area is 69.0 Å². The van der Waals surface area contributed by atoms with E-state index in [1.54, 1.807) is 0 Å². The third-order valence-corrected chi connectivity index (χ3v) is 1.63. The lowest BCUT2D eigenvalue weighted by Gasteiger charge is -2.00. The molecule has 0 spiro atoms. The Morgan fingerprint density at radius 1 is 1.25 bits per heavy atom. The van der Waals surface area contributed by atoms with Crippen LogP contribution in [0.3, 0.4) is 0 Å². The number of hydrogen-bond acceptors (Lipinski definition) is 1. The molecule has 1 aromatic carbocycles. The summed E-state index contributed by atoms with van der Waals surface area (Å²) < 4.78 is 25.7. The number of rotatable bonds is 1. The molecule has 0 aromatic heterocycles. The second-order valence-electron chi connectivity index (χ2n) is 2.64. The Morgan fingerprint density at radius 2 is 1.83 bits per heavy atom. The summed E-state index contributed by atoms with van der Waals surface area (Å²) in [7, 11) is 0. The van der Waals surface area contributed by atoms with Gasteiger partial charge >= 0.3 is 0 Å². The molecule has 0 heterocycles. The normalized spacial score (nSPS) is 10.0. The zero-order valence-corrected chi connectivity index (χ0v) is 6.82. The molecule has 1 rings (SSSR count). The van der Waals surface area contributed by atoms with Crippen molar-refractivity contribution in [3.05, 3.63) is 34.9 Å². The van der Waals surface area contributed by atoms with Gasteiger partial charge in [-0.2, -0.15) is 0 Å². The van der Waals surface area contributed by atoms with Crippen molar-refractivity contribution in [2.45, 2.75) is 13.8 Å². The zero-order chi connectivity index (χ0) is 9.30. The van der Waals surface area contributed by atoms with Crippen molar-refractivity contribution in [1.29, 1.82) is 0 Å². The van der Waals surface area contributed by atoms with Gasteiger partial charge in [0.25, 0.3) is 0 Å². The molecule has 0 unspecified atom stereocenters. The Balaban J connectivity index is 3.33. The number of carbonyl (C=O) groups excluding carboxylic acids is 1. The zero-order valence-electron chi connectivity index (χ0n) is 6.82. The van der Waals surface area contributed by atoms with Gasteiger partial charge in [0.15, 0.2) is 5.78 Å². The van der Waals surface area contributed by atoms with Gasteiger partial charge in [-0.1, -0.05) is 0 Å². The topological polar surface area (TPSA) is 17.1 Å². The lowest BCUT2D eigenvalue weighted by Crippen LogP contribution is -1.99. The monoisotopic (exact) mass is 170 g/mol. The van der Waals surface area contributed by atoms with Crippen molar-refractivity contribution < 1.29 is 13.6 Å². The molecule has 0 radical (unpaired) electrons. The summed E-state index contributed by atoms with van der Waals surface area (Å²) in [6, 6.07) is 1.94. The quantitative estimate of drug-likeness (QED) is 0.592. The van der Waals surface area contributed by atoms with Gasteiger partial charge in [0.05, 0.1) is 5.56 Å². The first kappa shape index (κ1) is 8.84. The predicted octanol–water partition coefficient (Wildman–Crippen LogP) is 2.48. The van der Waals surface area contributed by atoms with Crippen LogP contribution in [-0.4, -0.2) is 5.78 Å². The van der Waals surface area contributed by atoms with Gasteiger partial charge in [-0.25, -0.2) is 8.78 Å². The van der Waals surface area contributed by atoms with Crippen LogP contribution in [0, 0.1) is 18.6 Å². The largest absolute Gasteiger partial charge is 0.294 e. The van der Waals surface area contributed by atoms with Crippen LogP contribution in [-0.2, 0) is 0 Å². The van der Waals surface area contributed by atoms with E-state index in [-0.39, 0.29) is 11.1 Å². The van der Waals surface area contributed by atoms with Crippen LogP contribution in [0.15, 0.2) is 12.1 Å². The Bertz CT molecular complexity index is 332. The number of Topliss-reactive ketones (excluding diaryl/α,β-unsaturated/α-hetero) is 1. The minimum atomic E-state index is -0.665. The number of benzene rings is 1. The lowest BCUT2D eigenvalue weighted by molar-refractivity contribution is 0.101. The van der Waals surface area contributed by atoms with Crippen LogP contribution in [0.5, 0.6) is 0 Å². The van der Waals surface area contributed by atoms with Crippen molar-refractivity contribution in [2.24, 2.45) is 0 Å². The molecule has 0 aliphatic heterocycles. The molecule has 64 valence electrons. The van der Waals surface area contributed by atoms with Gasteiger partial charge in [-0.15, -0.1) is 0 Å². The number of aryl methyl sites for hydroxylation is 1. The summed E-state index contributed by atoms with van der Waals surface area (Å²) in [6.45, 7) is 2.65. The number of carbonyl (C=O) groups is 1. The molecule has 12 heavy (non-hydrogen) atoms. The van der Waals surface area contributed by atoms with E-state index >= 15 is 0 Å². The lowest BCUT2D eigenvalue weighted by atomic mass is 10.1. The summed E-state index contributed by atoms with van der Waals surface area (Å²) in [5.41, 5.74) is 0.00981. The average Bonchev–Trinajstić information content (AvgIpc) is 1.96. The van der Waals surface area contributed by atoms with Crippen molar-refractivity contribution >= 4 is 5.78 Å². The smallest absolute Gasteiger partial charge is 0.162 e. The molecule has 0 amide bonds. The van der Waals surface area contributed by atoms with E-state index in [1.807, 2.05) is 0 Å². The van der Waals surface area contributed by atoms with Crippen LogP contribution < -0.4 is 0 Å². The molecule has 0 aliphatic carbocycles. The van der Waals surface area contributed by atoms with Crippen LogP contribution in [0.25, 0.3) is 0 Å². The molecule has 3 heteroatoms. The maximum atomic E-state index is 12.9. The van der Waals surface area contributed by atoms with Crippen LogP contribution in [0.2, 0.25) is 0 Å². The number of hydrogen-bond donors (Lipinski definition) is 0. The molecular weight excluding hydrogens is 162 g/mol. The van der Waals surface area contributed by atoms with Crippen molar-refractivity contribution in [1.82, 2.24) is 0 Å². The predicted molar refractivity (Wildman–Crippen MR) is 41.1 cm³/mol. The van der Waals surface area contributed by atoms with Gasteiger partial charge in [0, 0.05) is 0 Å². The van der Waals surface area contributed by atoms with Crippen molar-refractivity contribution in [3.63, 3.8) is 0 Å². The first-order chi connectivity index (χ1) is 5.52. The van der Waals surface area contributed by atoms with Crippen LogP contribution >= 0.6 is 0 Å². The second kappa shape index (κ2) is 3.01. The summed E-state index contributed by atoms with van der Waals surface area (Å²) in [4.78, 5) is 10.7. The van der Waals surface area contributed by atoms with E-state index in [1.165, 1.54) is 13.8 Å². The highest BCUT2D eigenvalue weighted by Crippen LogP contribution is 2.14. The first-order valence-electron chi connectivity index (χ1n) is 3.49. The van der Waals surface area contributed by atoms with Gasteiger partial charge in [0.2, 0.25) is 0 Å². The standard InChI is InChI=1S/C9H8F2O/c1-5-3-9(11)7(6(2)12)4-8(5)10/h3-4H,1-2H3. The fourth-order valence-electron chi connectivity index (χ4n) is 0.916. The van der Waals surface area contributed by atoms with Gasteiger partial charge < -0.3 is 0 Å². The molecule has 0 aliphatic rings. The summed E-state index contributed by atoms with van der Waals surface area (Å²) in [6.07, 6.45) is 0. The fraction of sp³-hybridized carbons (Fsp3) is 0.222. The minimum absolute atomic E-state index is 0.196. The maximum Gasteiger partial charge on any atom is 0.162 e. The third kappa shape index (κ3) is 1.49. The molecule has 0 bridgehead atoms. The highest BCUT2D eigenvalue weighted by atomic mass is 19.1. The Kier molecular flexibility index (Phi) is 2.22. The number of ketones is 1. The summed E-state index contributed by atoms with van der Waals surface area (Å²) in [5, 5.41) is 0. The molecule has 0 N–H and O–H groups in total. The average molecular weight is 170 g/mol. The second-order valence-corrected chi connectivity index (χ2v) is 2.64. The first-order valence-corrected chi connectivity index (χ1v) is 3.49. The van der Waals surface area contributed by atoms with Gasteiger partial charge in [0.1, 0.15) is 11.6 Å². The van der Waals surface area contributed by atoms with Crippen molar-refractivity contribution in [3.8, 4) is 0 Å². The van der Waals surface area contributed by atoms with Crippen LogP contribution in [0.1, 0.15) is 22.8 Å². The van der Waals surface area contributed by atoms with E-state index in [2.05, 4.69) is 0 Å². The van der Waals surface area contributed by atoms with Gasteiger partial charge in [-0.3, -0.25) is 4.79 Å². The molecule has 0 fully saturated rings. The molecular formula is C9H8F2O. The van der Waals surface area contributed by atoms with Crippen molar-refractivity contribution in [2.75, 3.05) is 0 Å². The highest BCUT2D eigenvalue weighted by Gasteiger charge is 2.10. The highest BCUT2D eigenvalue weighted by molar-refractivity contribution is 5.94. The van der Waals surface area contributed by atoms with E-state index < -0.39 is 17.4 Å². The Morgan fingerprint density at radius 3 is 2.33 bits per heavy atom. The van der Waals surface area contributed by atoms with Gasteiger partial charge in [-0.05, 0) is 31.5 Å². The molecule has 1 nitrogen and oxygen atoms in total. The van der Waals surface area contributed by atoms with E-state index in [4.69, 9.17) is 0 Å².